The maximum atomic E-state index is 12.9. The van der Waals surface area contributed by atoms with Crippen LogP contribution in [0, 0.1) is 10.1 Å². The zero-order valence-corrected chi connectivity index (χ0v) is 16.6. The largest absolute Gasteiger partial charge is 0.507 e. The first kappa shape index (κ1) is 20.9. The van der Waals surface area contributed by atoms with Crippen LogP contribution in [0.4, 0.5) is 11.5 Å². The highest BCUT2D eigenvalue weighted by Gasteiger charge is 2.26. The van der Waals surface area contributed by atoms with Gasteiger partial charge in [0.2, 0.25) is 11.6 Å². The van der Waals surface area contributed by atoms with Crippen molar-refractivity contribution in [1.29, 1.82) is 0 Å². The van der Waals surface area contributed by atoms with Gasteiger partial charge in [0.25, 0.3) is 11.6 Å². The lowest BCUT2D eigenvalue weighted by molar-refractivity contribution is -0.384. The van der Waals surface area contributed by atoms with E-state index in [4.69, 9.17) is 5.73 Å². The first-order chi connectivity index (χ1) is 15.4. The zero-order valence-electron chi connectivity index (χ0n) is 16.6. The molecule has 1 saturated heterocycles. The summed E-state index contributed by atoms with van der Waals surface area (Å²) in [6, 6.07) is 3.43. The molecule has 0 unspecified atom stereocenters. The number of nitro groups is 1. The number of nitrogens with one attached hydrogen (secondary N) is 1. The number of nitrogens with two attached hydrogens (primary N) is 1. The number of phenolic OH excluding ortho intramolecular Hbond substituents is 1. The quantitative estimate of drug-likeness (QED) is 0.256. The molecule has 32 heavy (non-hydrogen) atoms. The fourth-order valence-electron chi connectivity index (χ4n) is 3.26. The van der Waals surface area contributed by atoms with Crippen LogP contribution in [0.1, 0.15) is 34.6 Å². The Bertz CT molecular complexity index is 1180. The van der Waals surface area contributed by atoms with Crippen molar-refractivity contribution in [3.63, 3.8) is 0 Å². The van der Waals surface area contributed by atoms with Crippen molar-refractivity contribution in [2.75, 3.05) is 18.8 Å². The summed E-state index contributed by atoms with van der Waals surface area (Å²) in [5, 5.41) is 39.8. The van der Waals surface area contributed by atoms with Crippen LogP contribution in [-0.4, -0.2) is 65.4 Å². The molecule has 0 saturated carbocycles. The number of nitrogen functional groups attached to an aromatic ring is 1. The number of non-ortho nitro benzene ring substituents is 1. The number of likely N-dealkylation sites (tertiary alicyclic amines) is 1. The van der Waals surface area contributed by atoms with Crippen LogP contribution in [0.3, 0.4) is 0 Å². The SMILES string of the molecule is Nc1nonc1-n1nnc(CN2CCCC2)c1C(=O)N/N=C\c1cc([N+](=O)[O-])ccc1O. The van der Waals surface area contributed by atoms with Gasteiger partial charge in [-0.25, -0.2) is 10.1 Å². The second kappa shape index (κ2) is 8.76. The van der Waals surface area contributed by atoms with Crippen LogP contribution in [0.2, 0.25) is 0 Å². The molecule has 15 nitrogen and oxygen atoms in total. The summed E-state index contributed by atoms with van der Waals surface area (Å²) in [4.78, 5) is 25.4. The number of amides is 1. The Morgan fingerprint density at radius 1 is 1.38 bits per heavy atom. The van der Waals surface area contributed by atoms with Crippen molar-refractivity contribution in [2.24, 2.45) is 5.10 Å². The molecule has 15 heteroatoms. The molecule has 0 radical (unpaired) electrons. The molecule has 0 bridgehead atoms. The number of hydrazone groups is 1. The molecule has 1 aromatic carbocycles. The van der Waals surface area contributed by atoms with Crippen LogP contribution >= 0.6 is 0 Å². The number of hydrogen-bond acceptors (Lipinski definition) is 12. The number of rotatable bonds is 7. The number of benzene rings is 1. The monoisotopic (exact) mass is 442 g/mol. The third-order valence-corrected chi connectivity index (χ3v) is 4.82. The average molecular weight is 442 g/mol. The maximum absolute atomic E-state index is 12.9. The zero-order chi connectivity index (χ0) is 22.7. The number of carbonyl (C=O) groups excluding carboxylic acids is 1. The Balaban J connectivity index is 1.60. The Labute approximate surface area is 179 Å². The summed E-state index contributed by atoms with van der Waals surface area (Å²) in [7, 11) is 0. The van der Waals surface area contributed by atoms with Crippen molar-refractivity contribution in [2.45, 2.75) is 19.4 Å². The second-order valence-corrected chi connectivity index (χ2v) is 6.95. The van der Waals surface area contributed by atoms with E-state index < -0.39 is 10.8 Å². The molecule has 1 amide bonds. The molecule has 1 aliphatic heterocycles. The molecule has 2 aromatic heterocycles. The van der Waals surface area contributed by atoms with E-state index in [1.54, 1.807) is 0 Å². The van der Waals surface area contributed by atoms with Crippen LogP contribution < -0.4 is 11.2 Å². The number of nitrogens with zero attached hydrogens (tertiary/aromatic N) is 8. The lowest BCUT2D eigenvalue weighted by Crippen LogP contribution is -2.26. The highest BCUT2D eigenvalue weighted by atomic mass is 16.6. The van der Waals surface area contributed by atoms with E-state index in [2.05, 4.69) is 40.7 Å². The first-order valence-electron chi connectivity index (χ1n) is 9.50. The van der Waals surface area contributed by atoms with E-state index in [-0.39, 0.29) is 34.3 Å². The van der Waals surface area contributed by atoms with E-state index in [9.17, 15) is 20.0 Å². The van der Waals surface area contributed by atoms with Crippen LogP contribution in [0.15, 0.2) is 27.9 Å². The van der Waals surface area contributed by atoms with Gasteiger partial charge in [0, 0.05) is 24.2 Å². The number of anilines is 1. The maximum Gasteiger partial charge on any atom is 0.292 e. The van der Waals surface area contributed by atoms with Gasteiger partial charge in [-0.05, 0) is 42.3 Å². The smallest absolute Gasteiger partial charge is 0.292 e. The number of carbonyl (C=O) groups is 1. The molecule has 0 aliphatic carbocycles. The van der Waals surface area contributed by atoms with Crippen LogP contribution in [0.5, 0.6) is 5.75 Å². The fraction of sp³-hybridized carbons (Fsp3) is 0.294. The van der Waals surface area contributed by atoms with Gasteiger partial charge >= 0.3 is 0 Å². The van der Waals surface area contributed by atoms with Crippen molar-refractivity contribution in [3.05, 3.63) is 45.3 Å². The molecule has 3 heterocycles. The molecule has 4 N–H and O–H groups in total. The first-order valence-corrected chi connectivity index (χ1v) is 9.50. The third kappa shape index (κ3) is 4.22. The lowest BCUT2D eigenvalue weighted by atomic mass is 10.2. The summed E-state index contributed by atoms with van der Waals surface area (Å²) in [6.45, 7) is 2.11. The summed E-state index contributed by atoms with van der Waals surface area (Å²) < 4.78 is 5.70. The predicted molar refractivity (Wildman–Crippen MR) is 108 cm³/mol. The topological polar surface area (TPSA) is 204 Å². The van der Waals surface area contributed by atoms with Gasteiger partial charge in [0.05, 0.1) is 11.1 Å². The van der Waals surface area contributed by atoms with Gasteiger partial charge in [-0.3, -0.25) is 19.8 Å². The van der Waals surface area contributed by atoms with Gasteiger partial charge < -0.3 is 10.8 Å². The third-order valence-electron chi connectivity index (χ3n) is 4.82. The van der Waals surface area contributed by atoms with Crippen LogP contribution in [-0.2, 0) is 6.54 Å². The van der Waals surface area contributed by atoms with Gasteiger partial charge in [0.15, 0.2) is 5.69 Å². The van der Waals surface area contributed by atoms with Crippen molar-refractivity contribution in [1.82, 2.24) is 35.6 Å². The number of phenols is 1. The minimum absolute atomic E-state index is 0.00405. The van der Waals surface area contributed by atoms with Crippen molar-refractivity contribution in [3.8, 4) is 11.6 Å². The normalized spacial score (nSPS) is 14.2. The average Bonchev–Trinajstić information content (AvgIpc) is 3.51. The molecule has 3 aromatic rings. The molecule has 1 aliphatic rings. The van der Waals surface area contributed by atoms with E-state index in [0.29, 0.717) is 12.2 Å². The number of aromatic hydroxyl groups is 1. The Morgan fingerprint density at radius 2 is 2.16 bits per heavy atom. The Hall–Kier alpha value is -4.40. The van der Waals surface area contributed by atoms with Gasteiger partial charge in [0.1, 0.15) is 11.4 Å². The van der Waals surface area contributed by atoms with Crippen molar-refractivity contribution >= 4 is 23.6 Å². The van der Waals surface area contributed by atoms with E-state index in [1.165, 1.54) is 0 Å². The van der Waals surface area contributed by atoms with Gasteiger partial charge in [-0.2, -0.15) is 9.78 Å². The van der Waals surface area contributed by atoms with Crippen LogP contribution in [0.25, 0.3) is 5.82 Å². The number of nitro benzene ring substituents is 1. The molecule has 166 valence electrons. The van der Waals surface area contributed by atoms with Gasteiger partial charge in [-0.1, -0.05) is 5.21 Å². The van der Waals surface area contributed by atoms with Crippen molar-refractivity contribution < 1.29 is 19.5 Å². The predicted octanol–water partition coefficient (Wildman–Crippen LogP) is 0.206. The summed E-state index contributed by atoms with van der Waals surface area (Å²) in [6.07, 6.45) is 3.18. The highest BCUT2D eigenvalue weighted by molar-refractivity contribution is 5.95. The fourth-order valence-corrected chi connectivity index (χ4v) is 3.26. The van der Waals surface area contributed by atoms with E-state index >= 15 is 0 Å². The molecule has 0 spiro atoms. The molecule has 1 fully saturated rings. The number of hydrogen-bond donors (Lipinski definition) is 3. The minimum atomic E-state index is -0.687. The lowest BCUT2D eigenvalue weighted by Gasteiger charge is -2.13. The summed E-state index contributed by atoms with van der Waals surface area (Å²) >= 11 is 0. The highest BCUT2D eigenvalue weighted by Crippen LogP contribution is 2.22. The standard InChI is InChI=1S/C17H18N10O5/c18-15-16(23-32-22-15)26-14(12(20-24-26)9-25-5-1-2-6-25)17(29)21-19-8-10-7-11(27(30)31)3-4-13(10)28/h3-4,7-8,28H,1-2,5-6,9H2,(H2,18,22)(H,21,29)/b19-8-. The van der Waals surface area contributed by atoms with E-state index in [1.807, 2.05) is 0 Å². The molecule has 4 rings (SSSR count). The van der Waals surface area contributed by atoms with E-state index in [0.717, 1.165) is 55.0 Å². The number of aromatic nitrogens is 5. The molecular formula is C17H18N10O5. The molecule has 0 atom stereocenters. The second-order valence-electron chi connectivity index (χ2n) is 6.95. The van der Waals surface area contributed by atoms with Gasteiger partial charge in [-0.15, -0.1) is 5.10 Å². The summed E-state index contributed by atoms with van der Waals surface area (Å²) in [5.74, 6) is -1.01. The molecular weight excluding hydrogens is 424 g/mol. The summed E-state index contributed by atoms with van der Waals surface area (Å²) in [5.41, 5.74) is 8.26. The minimum Gasteiger partial charge on any atom is -0.507 e. The Kier molecular flexibility index (Phi) is 5.71. The Morgan fingerprint density at radius 3 is 2.84 bits per heavy atom.